The van der Waals surface area contributed by atoms with Gasteiger partial charge in [0.05, 0.1) is 17.9 Å². The number of pyridine rings is 1. The average molecular weight is 584 g/mol. The fourth-order valence-corrected chi connectivity index (χ4v) is 4.72. The van der Waals surface area contributed by atoms with Gasteiger partial charge in [-0.05, 0) is 65.9 Å². The number of hydrogen-bond acceptors (Lipinski definition) is 6. The Morgan fingerprint density at radius 2 is 1.86 bits per heavy atom. The van der Waals surface area contributed by atoms with Gasteiger partial charge in [0.2, 0.25) is 0 Å². The molecule has 2 aromatic heterocycles. The van der Waals surface area contributed by atoms with Gasteiger partial charge in [-0.1, -0.05) is 26.0 Å². The molecule has 12 heteroatoms. The molecule has 2 aromatic carbocycles. The number of H-pyrrole nitrogens is 1. The second kappa shape index (κ2) is 12.4. The Morgan fingerprint density at radius 3 is 2.48 bits per heavy atom. The molecular weight excluding hydrogens is 554 g/mol. The number of rotatable bonds is 11. The maximum absolute atomic E-state index is 13.5. The minimum Gasteiger partial charge on any atom is -0.458 e. The van der Waals surface area contributed by atoms with E-state index in [1.807, 2.05) is 13.0 Å². The summed E-state index contributed by atoms with van der Waals surface area (Å²) >= 11 is 0. The van der Waals surface area contributed by atoms with Crippen LogP contribution in [0.4, 0.5) is 28.9 Å². The molecule has 0 saturated carbocycles. The number of hydrogen-bond donors (Lipinski definition) is 4. The molecule has 0 aliphatic carbocycles. The van der Waals surface area contributed by atoms with Crippen molar-refractivity contribution in [1.82, 2.24) is 9.97 Å². The maximum atomic E-state index is 13.5. The molecule has 0 saturated heterocycles. The first-order valence-corrected chi connectivity index (χ1v) is 13.2. The van der Waals surface area contributed by atoms with Crippen LogP contribution in [0.1, 0.15) is 41.8 Å². The summed E-state index contributed by atoms with van der Waals surface area (Å²) in [5, 5.41) is 12.4. The highest BCUT2D eigenvalue weighted by Crippen LogP contribution is 2.34. The topological polar surface area (TPSA) is 134 Å². The summed E-state index contributed by atoms with van der Waals surface area (Å²) in [6.07, 6.45) is -2.79. The van der Waals surface area contributed by atoms with Crippen molar-refractivity contribution in [3.8, 4) is 11.3 Å². The number of primary amides is 1. The normalized spacial score (nSPS) is 12.2. The van der Waals surface area contributed by atoms with Crippen LogP contribution in [-0.2, 0) is 22.4 Å². The quantitative estimate of drug-likeness (QED) is 0.0913. The number of anilines is 2. The maximum Gasteiger partial charge on any atom is 0.490 e. The van der Waals surface area contributed by atoms with Crippen molar-refractivity contribution in [1.29, 1.82) is 5.41 Å². The summed E-state index contributed by atoms with van der Waals surface area (Å²) in [5.41, 5.74) is 10.4. The van der Waals surface area contributed by atoms with E-state index in [1.165, 1.54) is 18.3 Å². The van der Waals surface area contributed by atoms with Crippen molar-refractivity contribution in [3.05, 3.63) is 77.2 Å². The van der Waals surface area contributed by atoms with Crippen LogP contribution in [0.5, 0.6) is 0 Å². The predicted molar refractivity (Wildman–Crippen MR) is 151 cm³/mol. The van der Waals surface area contributed by atoms with E-state index in [0.29, 0.717) is 46.5 Å². The average Bonchev–Trinajstić information content (AvgIpc) is 3.38. The standard InChI is InChI=1S/C30H29F4N5O3/c1-3-16(15-42-29(41)30(32,33)34)23(35)12-18-6-5-7-24(20(18)4-2)38-26-21-13-25(17-8-10-19(31)11-9-17)39-28(21)37-14-22(26)27(36)40/h5-11,13-14,16,35H,3-4,12,15H2,1-2H3,(H2,36,40)(H2,37,38,39)/t16-/m0/s1. The fourth-order valence-electron chi connectivity index (χ4n) is 4.72. The van der Waals surface area contributed by atoms with Crippen LogP contribution in [0.15, 0.2) is 54.7 Å². The van der Waals surface area contributed by atoms with Gasteiger partial charge in [-0.3, -0.25) is 4.79 Å². The van der Waals surface area contributed by atoms with Crippen LogP contribution in [0.25, 0.3) is 22.3 Å². The lowest BCUT2D eigenvalue weighted by molar-refractivity contribution is -0.200. The third-order valence-corrected chi connectivity index (χ3v) is 6.98. The molecule has 0 bridgehead atoms. The van der Waals surface area contributed by atoms with E-state index in [2.05, 4.69) is 20.0 Å². The van der Waals surface area contributed by atoms with Gasteiger partial charge in [-0.25, -0.2) is 14.2 Å². The first-order valence-electron chi connectivity index (χ1n) is 13.2. The SMILES string of the molecule is CCc1c(CC(=N)[C@@H](CC)COC(=O)C(F)(F)F)cccc1Nc1c(C(N)=O)cnc2[nH]c(-c3ccc(F)cc3)cc12. The molecule has 2 heterocycles. The number of ether oxygens (including phenoxy) is 1. The van der Waals surface area contributed by atoms with Crippen molar-refractivity contribution < 1.29 is 31.9 Å². The zero-order valence-electron chi connectivity index (χ0n) is 22.9. The molecule has 1 amide bonds. The zero-order chi connectivity index (χ0) is 30.6. The number of aromatic nitrogens is 2. The highest BCUT2D eigenvalue weighted by atomic mass is 19.4. The van der Waals surface area contributed by atoms with Gasteiger partial charge in [-0.2, -0.15) is 13.2 Å². The molecule has 0 fully saturated rings. The third kappa shape index (κ3) is 6.59. The summed E-state index contributed by atoms with van der Waals surface area (Å²) in [4.78, 5) is 31.1. The molecule has 0 radical (unpaired) electrons. The number of benzene rings is 2. The first kappa shape index (κ1) is 30.2. The van der Waals surface area contributed by atoms with E-state index >= 15 is 0 Å². The first-order chi connectivity index (χ1) is 19.9. The largest absolute Gasteiger partial charge is 0.490 e. The lowest BCUT2D eigenvalue weighted by atomic mass is 9.91. The van der Waals surface area contributed by atoms with Crippen molar-refractivity contribution in [2.75, 3.05) is 11.9 Å². The highest BCUT2D eigenvalue weighted by molar-refractivity contribution is 6.08. The van der Waals surface area contributed by atoms with Crippen LogP contribution < -0.4 is 11.1 Å². The number of carbonyl (C=O) groups excluding carboxylic acids is 2. The summed E-state index contributed by atoms with van der Waals surface area (Å²) in [7, 11) is 0. The summed E-state index contributed by atoms with van der Waals surface area (Å²) in [6, 6.07) is 13.1. The van der Waals surface area contributed by atoms with Gasteiger partial charge in [0.25, 0.3) is 5.91 Å². The number of aromatic amines is 1. The lowest BCUT2D eigenvalue weighted by Gasteiger charge is -2.20. The van der Waals surface area contributed by atoms with E-state index in [4.69, 9.17) is 11.1 Å². The van der Waals surface area contributed by atoms with E-state index in [0.717, 1.165) is 11.1 Å². The Labute approximate surface area is 238 Å². The summed E-state index contributed by atoms with van der Waals surface area (Å²) in [6.45, 7) is 3.07. The van der Waals surface area contributed by atoms with Crippen molar-refractivity contribution in [3.63, 3.8) is 0 Å². The number of nitrogens with one attached hydrogen (secondary N) is 3. The molecule has 4 aromatic rings. The molecule has 220 valence electrons. The van der Waals surface area contributed by atoms with Gasteiger partial charge in [0, 0.05) is 41.0 Å². The number of alkyl halides is 3. The Hall–Kier alpha value is -4.74. The zero-order valence-corrected chi connectivity index (χ0v) is 22.9. The molecule has 0 spiro atoms. The van der Waals surface area contributed by atoms with Gasteiger partial charge >= 0.3 is 12.1 Å². The van der Waals surface area contributed by atoms with Crippen LogP contribution in [-0.4, -0.2) is 40.3 Å². The van der Waals surface area contributed by atoms with E-state index in [1.54, 1.807) is 37.3 Å². The highest BCUT2D eigenvalue weighted by Gasteiger charge is 2.41. The van der Waals surface area contributed by atoms with Gasteiger partial charge in [-0.15, -0.1) is 0 Å². The Morgan fingerprint density at radius 1 is 1.14 bits per heavy atom. The molecule has 0 aliphatic rings. The monoisotopic (exact) mass is 583 g/mol. The van der Waals surface area contributed by atoms with E-state index in [-0.39, 0.29) is 23.5 Å². The van der Waals surface area contributed by atoms with Crippen LogP contribution in [0.3, 0.4) is 0 Å². The van der Waals surface area contributed by atoms with Gasteiger partial charge < -0.3 is 26.2 Å². The molecular formula is C30H29F4N5O3. The number of halogens is 4. The lowest BCUT2D eigenvalue weighted by Crippen LogP contribution is -2.30. The van der Waals surface area contributed by atoms with Gasteiger partial charge in [0.15, 0.2) is 0 Å². The Kier molecular flexibility index (Phi) is 8.93. The van der Waals surface area contributed by atoms with Crippen LogP contribution in [0.2, 0.25) is 0 Å². The number of nitrogens with zero attached hydrogens (tertiary/aromatic N) is 1. The molecule has 0 unspecified atom stereocenters. The van der Waals surface area contributed by atoms with Crippen LogP contribution >= 0.6 is 0 Å². The second-order valence-electron chi connectivity index (χ2n) is 9.69. The number of nitrogens with two attached hydrogens (primary N) is 1. The number of amides is 1. The third-order valence-electron chi connectivity index (χ3n) is 6.98. The second-order valence-corrected chi connectivity index (χ2v) is 9.69. The van der Waals surface area contributed by atoms with E-state index in [9.17, 15) is 27.2 Å². The van der Waals surface area contributed by atoms with E-state index < -0.39 is 30.6 Å². The molecule has 4 rings (SSSR count). The number of fused-ring (bicyclic) bond motifs is 1. The number of esters is 1. The molecule has 8 nitrogen and oxygen atoms in total. The smallest absolute Gasteiger partial charge is 0.458 e. The van der Waals surface area contributed by atoms with Crippen molar-refractivity contribution in [2.45, 2.75) is 39.3 Å². The predicted octanol–water partition coefficient (Wildman–Crippen LogP) is 6.47. The van der Waals surface area contributed by atoms with Crippen molar-refractivity contribution in [2.24, 2.45) is 11.7 Å². The summed E-state index contributed by atoms with van der Waals surface area (Å²) < 4.78 is 55.6. The molecule has 5 N–H and O–H groups in total. The molecule has 1 atom stereocenters. The Bertz CT molecular complexity index is 1630. The minimum atomic E-state index is -5.10. The molecule has 0 aliphatic heterocycles. The molecule has 42 heavy (non-hydrogen) atoms. The minimum absolute atomic E-state index is 0.119. The number of carbonyl (C=O) groups is 2. The van der Waals surface area contributed by atoms with Crippen LogP contribution in [0, 0.1) is 17.1 Å². The fraction of sp³-hybridized carbons (Fsp3) is 0.267. The van der Waals surface area contributed by atoms with Gasteiger partial charge in [0.1, 0.15) is 11.5 Å². The Balaban J connectivity index is 1.66. The summed E-state index contributed by atoms with van der Waals surface area (Å²) in [5.74, 6) is -4.05. The van der Waals surface area contributed by atoms with Crippen molar-refractivity contribution >= 4 is 40.0 Å².